The molecular formula is C16H10Cl2F2N6O2. The molecule has 0 unspecified atom stereocenters. The second-order valence-corrected chi connectivity index (χ2v) is 6.07. The lowest BCUT2D eigenvalue weighted by Gasteiger charge is -2.11. The predicted octanol–water partition coefficient (Wildman–Crippen LogP) is 3.88. The van der Waals surface area contributed by atoms with E-state index in [1.165, 1.54) is 31.7 Å². The van der Waals surface area contributed by atoms with Crippen LogP contribution in [0.15, 0.2) is 40.1 Å². The molecule has 0 spiro atoms. The van der Waals surface area contributed by atoms with Crippen LogP contribution in [0, 0.1) is 0 Å². The zero-order valence-electron chi connectivity index (χ0n) is 14.1. The van der Waals surface area contributed by atoms with Crippen molar-refractivity contribution in [1.29, 1.82) is 0 Å². The van der Waals surface area contributed by atoms with Crippen LogP contribution >= 0.6 is 23.2 Å². The van der Waals surface area contributed by atoms with Crippen LogP contribution in [0.5, 0.6) is 0 Å². The molecule has 1 amide bonds. The first kappa shape index (κ1) is 19.8. The lowest BCUT2D eigenvalue weighted by atomic mass is 10.2. The van der Waals surface area contributed by atoms with Crippen molar-refractivity contribution < 1.29 is 18.0 Å². The Hall–Kier alpha value is -2.98. The van der Waals surface area contributed by atoms with E-state index in [4.69, 9.17) is 27.6 Å². The zero-order valence-corrected chi connectivity index (χ0v) is 15.6. The summed E-state index contributed by atoms with van der Waals surface area (Å²) in [5.41, 5.74) is 0.901. The molecule has 144 valence electrons. The highest BCUT2D eigenvalue weighted by Gasteiger charge is 2.17. The van der Waals surface area contributed by atoms with Gasteiger partial charge in [-0.05, 0) is 18.2 Å². The van der Waals surface area contributed by atoms with E-state index in [0.717, 1.165) is 5.01 Å². The molecule has 3 aromatic rings. The van der Waals surface area contributed by atoms with E-state index in [-0.39, 0.29) is 21.6 Å². The molecule has 3 aromatic heterocycles. The lowest BCUT2D eigenvalue weighted by molar-refractivity contribution is 0.0800. The van der Waals surface area contributed by atoms with Crippen LogP contribution in [-0.2, 0) is 0 Å². The number of hydrogen-bond donors (Lipinski definition) is 0. The van der Waals surface area contributed by atoms with Gasteiger partial charge in [-0.2, -0.15) is 13.9 Å². The van der Waals surface area contributed by atoms with Gasteiger partial charge in [-0.3, -0.25) is 9.78 Å². The average molecular weight is 427 g/mol. The maximum atomic E-state index is 12.5. The molecule has 0 N–H and O–H groups in total. The second-order valence-electron chi connectivity index (χ2n) is 5.28. The third-order valence-corrected chi connectivity index (χ3v) is 3.89. The van der Waals surface area contributed by atoms with Crippen molar-refractivity contribution >= 4 is 35.3 Å². The maximum Gasteiger partial charge on any atom is 0.314 e. The van der Waals surface area contributed by atoms with Crippen molar-refractivity contribution in [3.05, 3.63) is 57.9 Å². The van der Waals surface area contributed by atoms with Crippen molar-refractivity contribution in [2.45, 2.75) is 6.43 Å². The van der Waals surface area contributed by atoms with Gasteiger partial charge in [0.15, 0.2) is 0 Å². The Morgan fingerprint density at radius 1 is 1.25 bits per heavy atom. The summed E-state index contributed by atoms with van der Waals surface area (Å²) < 4.78 is 29.8. The molecule has 28 heavy (non-hydrogen) atoms. The summed E-state index contributed by atoms with van der Waals surface area (Å²) in [6.45, 7) is 0. The number of carbonyl (C=O) groups excluding carboxylic acids is 1. The fraction of sp³-hybridized carbons (Fsp3) is 0.125. The Morgan fingerprint density at radius 2 is 2.04 bits per heavy atom. The molecule has 0 saturated heterocycles. The molecule has 0 aliphatic heterocycles. The van der Waals surface area contributed by atoms with Crippen LogP contribution < -0.4 is 0 Å². The molecule has 12 heteroatoms. The molecule has 0 aromatic carbocycles. The van der Waals surface area contributed by atoms with E-state index >= 15 is 0 Å². The number of aromatic nitrogens is 4. The summed E-state index contributed by atoms with van der Waals surface area (Å²) in [5, 5.41) is 12.1. The number of pyridine rings is 2. The van der Waals surface area contributed by atoms with Crippen LogP contribution in [-0.4, -0.2) is 44.3 Å². The molecule has 8 nitrogen and oxygen atoms in total. The van der Waals surface area contributed by atoms with Gasteiger partial charge in [0.1, 0.15) is 5.15 Å². The molecule has 0 fully saturated rings. The lowest BCUT2D eigenvalue weighted by Crippen LogP contribution is -2.22. The number of carbonyl (C=O) groups is 1. The Bertz CT molecular complexity index is 1030. The number of nitrogens with zero attached hydrogens (tertiary/aromatic N) is 6. The van der Waals surface area contributed by atoms with Gasteiger partial charge >= 0.3 is 6.43 Å². The summed E-state index contributed by atoms with van der Waals surface area (Å²) in [4.78, 5) is 20.2. The fourth-order valence-electron chi connectivity index (χ4n) is 1.98. The largest absolute Gasteiger partial charge is 0.415 e. The van der Waals surface area contributed by atoms with Gasteiger partial charge in [0.25, 0.3) is 11.8 Å². The first-order valence-electron chi connectivity index (χ1n) is 7.56. The standard InChI is InChI=1S/C16H10Cl2F2N6O2/c1-26(16(27)10-7-22-12(18)4-11(10)17)23-6-9-3-2-8(5-21-9)14-24-25-15(28-14)13(19)20/h2-7,13H,1H3/b23-6+. The molecular weight excluding hydrogens is 417 g/mol. The summed E-state index contributed by atoms with van der Waals surface area (Å²) in [5.74, 6) is -1.34. The van der Waals surface area contributed by atoms with Crippen LogP contribution in [0.25, 0.3) is 11.5 Å². The van der Waals surface area contributed by atoms with Crippen molar-refractivity contribution in [1.82, 2.24) is 25.2 Å². The van der Waals surface area contributed by atoms with Crippen LogP contribution in [0.3, 0.4) is 0 Å². The van der Waals surface area contributed by atoms with Crippen LogP contribution in [0.2, 0.25) is 10.2 Å². The number of alkyl halides is 2. The SMILES string of the molecule is CN(/N=C/c1ccc(-c2nnc(C(F)F)o2)cn1)C(=O)c1cnc(Cl)cc1Cl. The van der Waals surface area contributed by atoms with Gasteiger partial charge in [-0.1, -0.05) is 23.2 Å². The van der Waals surface area contributed by atoms with Gasteiger partial charge in [0.05, 0.1) is 28.1 Å². The normalized spacial score (nSPS) is 11.4. The third kappa shape index (κ3) is 4.46. The minimum atomic E-state index is -2.85. The van der Waals surface area contributed by atoms with Gasteiger partial charge in [0, 0.05) is 19.4 Å². The van der Waals surface area contributed by atoms with Crippen LogP contribution in [0.1, 0.15) is 28.4 Å². The van der Waals surface area contributed by atoms with E-state index in [9.17, 15) is 13.6 Å². The van der Waals surface area contributed by atoms with Crippen molar-refractivity contribution in [3.8, 4) is 11.5 Å². The number of amides is 1. The van der Waals surface area contributed by atoms with Crippen molar-refractivity contribution in [3.63, 3.8) is 0 Å². The number of rotatable bonds is 5. The number of hydrazone groups is 1. The van der Waals surface area contributed by atoms with Crippen LogP contribution in [0.4, 0.5) is 8.78 Å². The van der Waals surface area contributed by atoms with E-state index < -0.39 is 18.2 Å². The molecule has 3 rings (SSSR count). The minimum absolute atomic E-state index is 0.0801. The van der Waals surface area contributed by atoms with E-state index in [0.29, 0.717) is 11.3 Å². The summed E-state index contributed by atoms with van der Waals surface area (Å²) in [6.07, 6.45) is 1.09. The molecule has 0 aliphatic rings. The van der Waals surface area contributed by atoms with E-state index in [1.807, 2.05) is 0 Å². The topological polar surface area (TPSA) is 97.4 Å². The summed E-state index contributed by atoms with van der Waals surface area (Å²) in [6, 6.07) is 4.43. The highest BCUT2D eigenvalue weighted by Crippen LogP contribution is 2.23. The van der Waals surface area contributed by atoms with Gasteiger partial charge in [-0.15, -0.1) is 10.2 Å². The second kappa shape index (κ2) is 8.36. The molecule has 0 atom stereocenters. The predicted molar refractivity (Wildman–Crippen MR) is 96.4 cm³/mol. The number of halogens is 4. The highest BCUT2D eigenvalue weighted by molar-refractivity contribution is 6.36. The average Bonchev–Trinajstić information content (AvgIpc) is 3.16. The van der Waals surface area contributed by atoms with Gasteiger partial charge in [-0.25, -0.2) is 9.99 Å². The van der Waals surface area contributed by atoms with Gasteiger partial charge in [0.2, 0.25) is 5.89 Å². The Balaban J connectivity index is 1.70. The highest BCUT2D eigenvalue weighted by atomic mass is 35.5. The Labute approximate surface area is 166 Å². The zero-order chi connectivity index (χ0) is 20.3. The van der Waals surface area contributed by atoms with E-state index in [2.05, 4.69) is 25.3 Å². The monoisotopic (exact) mass is 426 g/mol. The Morgan fingerprint density at radius 3 is 2.64 bits per heavy atom. The fourth-order valence-corrected chi connectivity index (χ4v) is 2.43. The molecule has 0 bridgehead atoms. The molecule has 0 aliphatic carbocycles. The molecule has 0 radical (unpaired) electrons. The first-order chi connectivity index (χ1) is 13.3. The van der Waals surface area contributed by atoms with Crippen molar-refractivity contribution in [2.75, 3.05) is 7.05 Å². The smallest absolute Gasteiger partial charge is 0.314 e. The molecule has 0 saturated carbocycles. The van der Waals surface area contributed by atoms with E-state index in [1.54, 1.807) is 12.1 Å². The maximum absolute atomic E-state index is 12.5. The number of hydrogen-bond acceptors (Lipinski definition) is 7. The third-order valence-electron chi connectivity index (χ3n) is 3.37. The van der Waals surface area contributed by atoms with Crippen molar-refractivity contribution in [2.24, 2.45) is 5.10 Å². The first-order valence-corrected chi connectivity index (χ1v) is 8.32. The van der Waals surface area contributed by atoms with Gasteiger partial charge < -0.3 is 4.42 Å². The summed E-state index contributed by atoms with van der Waals surface area (Å²) in [7, 11) is 1.43. The summed E-state index contributed by atoms with van der Waals surface area (Å²) >= 11 is 11.7. The molecule has 3 heterocycles. The minimum Gasteiger partial charge on any atom is -0.415 e. The quantitative estimate of drug-likeness (QED) is 0.348. The Kier molecular flexibility index (Phi) is 5.90.